The van der Waals surface area contributed by atoms with Crippen LogP contribution in [0.1, 0.15) is 11.1 Å². The number of hydrogen-bond acceptors (Lipinski definition) is 3. The van der Waals surface area contributed by atoms with Crippen LogP contribution in [-0.4, -0.2) is 23.4 Å². The Labute approximate surface area is 192 Å². The van der Waals surface area contributed by atoms with E-state index in [9.17, 15) is 4.79 Å². The molecule has 0 radical (unpaired) electrons. The van der Waals surface area contributed by atoms with Gasteiger partial charge < -0.3 is 9.84 Å². The lowest BCUT2D eigenvalue weighted by Crippen LogP contribution is -2.09. The summed E-state index contributed by atoms with van der Waals surface area (Å²) in [6, 6.07) is 24.0. The fourth-order valence-corrected chi connectivity index (χ4v) is 4.18. The highest BCUT2D eigenvalue weighted by Crippen LogP contribution is 2.32. The molecule has 3 aromatic carbocycles. The van der Waals surface area contributed by atoms with Crippen molar-refractivity contribution in [2.45, 2.75) is 4.90 Å². The van der Waals surface area contributed by atoms with Crippen LogP contribution in [0.2, 0.25) is 5.02 Å². The number of thioether (sulfide) groups is 1. The maximum Gasteiger partial charge on any atom is 0.341 e. The van der Waals surface area contributed by atoms with E-state index < -0.39 is 5.97 Å². The molecule has 0 aliphatic carbocycles. The normalized spacial score (nSPS) is 11.3. The minimum Gasteiger partial charge on any atom is -0.482 e. The van der Waals surface area contributed by atoms with Crippen molar-refractivity contribution in [3.8, 4) is 5.75 Å². The third-order valence-corrected chi connectivity index (χ3v) is 6.18. The van der Waals surface area contributed by atoms with Crippen LogP contribution in [0, 0.1) is 3.57 Å². The van der Waals surface area contributed by atoms with Crippen LogP contribution in [0.5, 0.6) is 5.75 Å². The average Bonchev–Trinajstić information content (AvgIpc) is 2.72. The van der Waals surface area contributed by atoms with Crippen molar-refractivity contribution in [2.24, 2.45) is 0 Å². The molecule has 0 saturated heterocycles. The molecule has 0 aromatic heterocycles. The number of aliphatic carboxylic acids is 1. The Hall–Kier alpha value is -1.96. The van der Waals surface area contributed by atoms with Crippen molar-refractivity contribution in [3.63, 3.8) is 0 Å². The van der Waals surface area contributed by atoms with Crippen LogP contribution < -0.4 is 4.74 Å². The predicted molar refractivity (Wildman–Crippen MR) is 128 cm³/mol. The van der Waals surface area contributed by atoms with E-state index in [1.54, 1.807) is 23.9 Å². The summed E-state index contributed by atoms with van der Waals surface area (Å²) >= 11 is 10.3. The third kappa shape index (κ3) is 6.52. The second-order valence-corrected chi connectivity index (χ2v) is 8.79. The smallest absolute Gasteiger partial charge is 0.341 e. The molecule has 3 nitrogen and oxygen atoms in total. The lowest BCUT2D eigenvalue weighted by Gasteiger charge is -2.10. The zero-order valence-electron chi connectivity index (χ0n) is 15.3. The van der Waals surface area contributed by atoms with Gasteiger partial charge in [-0.25, -0.2) is 4.79 Å². The molecule has 0 spiro atoms. The predicted octanol–water partition coefficient (Wildman–Crippen LogP) is 6.63. The van der Waals surface area contributed by atoms with Gasteiger partial charge >= 0.3 is 5.97 Å². The Bertz CT molecular complexity index is 1000. The van der Waals surface area contributed by atoms with Gasteiger partial charge in [-0.1, -0.05) is 60.1 Å². The van der Waals surface area contributed by atoms with E-state index in [0.29, 0.717) is 10.8 Å². The zero-order valence-corrected chi connectivity index (χ0v) is 19.1. The number of benzene rings is 3. The van der Waals surface area contributed by atoms with Gasteiger partial charge in [-0.2, -0.15) is 0 Å². The average molecular weight is 537 g/mol. The molecule has 0 aliphatic heterocycles. The second kappa shape index (κ2) is 10.7. The summed E-state index contributed by atoms with van der Waals surface area (Å²) in [5, 5.41) is 9.24. The number of hydrogen-bond donors (Lipinski definition) is 1. The first kappa shape index (κ1) is 21.7. The van der Waals surface area contributed by atoms with Crippen molar-refractivity contribution < 1.29 is 14.6 Å². The first-order chi connectivity index (χ1) is 14.0. The highest BCUT2D eigenvalue weighted by atomic mass is 127. The third-order valence-electron chi connectivity index (χ3n) is 4.03. The molecule has 29 heavy (non-hydrogen) atoms. The van der Waals surface area contributed by atoms with E-state index in [4.69, 9.17) is 21.4 Å². The molecule has 1 N–H and O–H groups in total. The van der Waals surface area contributed by atoms with Crippen LogP contribution in [0.15, 0.2) is 83.8 Å². The molecule has 3 aromatic rings. The number of halogens is 2. The fraction of sp³-hybridized carbons (Fsp3) is 0.0870. The standard InChI is InChI=1S/C23H18ClIO3S/c24-21-14-19(28-15-23(26)27)10-11-22(21)29-13-12-20(16-4-2-1-3-5-16)17-6-8-18(25)9-7-17/h1-12,14H,13,15H2,(H,26,27). The number of rotatable bonds is 8. The second-order valence-electron chi connectivity index (χ2n) is 6.08. The van der Waals surface area contributed by atoms with Gasteiger partial charge in [-0.15, -0.1) is 11.8 Å². The molecule has 6 heteroatoms. The molecule has 0 atom stereocenters. The van der Waals surface area contributed by atoms with E-state index >= 15 is 0 Å². The van der Waals surface area contributed by atoms with E-state index in [1.165, 1.54) is 14.7 Å². The molecule has 0 heterocycles. The van der Waals surface area contributed by atoms with E-state index in [-0.39, 0.29) is 6.61 Å². The quantitative estimate of drug-likeness (QED) is 0.259. The molecule has 148 valence electrons. The van der Waals surface area contributed by atoms with Crippen LogP contribution in [-0.2, 0) is 4.79 Å². The van der Waals surface area contributed by atoms with E-state index in [2.05, 4.69) is 65.1 Å². The Balaban J connectivity index is 1.76. The number of carboxylic acids is 1. The van der Waals surface area contributed by atoms with Gasteiger partial charge in [0.2, 0.25) is 0 Å². The molecule has 0 fully saturated rings. The molecule has 0 amide bonds. The maximum atomic E-state index is 10.6. The summed E-state index contributed by atoms with van der Waals surface area (Å²) in [5.74, 6) is 0.167. The van der Waals surface area contributed by atoms with Gasteiger partial charge in [-0.05, 0) is 69.6 Å². The van der Waals surface area contributed by atoms with Crippen molar-refractivity contribution in [3.05, 3.63) is 98.6 Å². The Morgan fingerprint density at radius 3 is 2.38 bits per heavy atom. The summed E-state index contributed by atoms with van der Waals surface area (Å²) in [6.07, 6.45) is 2.20. The monoisotopic (exact) mass is 536 g/mol. The largest absolute Gasteiger partial charge is 0.482 e. The molecular weight excluding hydrogens is 519 g/mol. The van der Waals surface area contributed by atoms with Gasteiger partial charge in [0.15, 0.2) is 6.61 Å². The minimum atomic E-state index is -1.02. The summed E-state index contributed by atoms with van der Waals surface area (Å²) in [4.78, 5) is 11.5. The van der Waals surface area contributed by atoms with Crippen LogP contribution in [0.4, 0.5) is 0 Å². The Morgan fingerprint density at radius 2 is 1.72 bits per heavy atom. The van der Waals surface area contributed by atoms with Crippen molar-refractivity contribution in [1.82, 2.24) is 0 Å². The Kier molecular flexibility index (Phi) is 8.03. The topological polar surface area (TPSA) is 46.5 Å². The highest BCUT2D eigenvalue weighted by molar-refractivity contribution is 14.1. The molecule has 0 saturated carbocycles. The lowest BCUT2D eigenvalue weighted by molar-refractivity contribution is -0.139. The maximum absolute atomic E-state index is 10.6. The summed E-state index contributed by atoms with van der Waals surface area (Å²) in [7, 11) is 0. The number of carboxylic acid groups (broad SMARTS) is 1. The number of carbonyl (C=O) groups is 1. The molecular formula is C23H18ClIO3S. The van der Waals surface area contributed by atoms with Gasteiger partial charge in [0.05, 0.1) is 5.02 Å². The fourth-order valence-electron chi connectivity index (χ4n) is 2.70. The van der Waals surface area contributed by atoms with Crippen molar-refractivity contribution in [2.75, 3.05) is 12.4 Å². The van der Waals surface area contributed by atoms with Gasteiger partial charge in [0.1, 0.15) is 5.75 Å². The van der Waals surface area contributed by atoms with E-state index in [1.807, 2.05) is 24.3 Å². The number of ether oxygens (including phenoxy) is 1. The summed E-state index contributed by atoms with van der Waals surface area (Å²) < 4.78 is 6.36. The van der Waals surface area contributed by atoms with Crippen molar-refractivity contribution in [1.29, 1.82) is 0 Å². The first-order valence-electron chi connectivity index (χ1n) is 8.81. The van der Waals surface area contributed by atoms with Gasteiger partial charge in [0.25, 0.3) is 0 Å². The molecule has 0 aliphatic rings. The van der Waals surface area contributed by atoms with E-state index in [0.717, 1.165) is 16.2 Å². The molecule has 0 bridgehead atoms. The minimum absolute atomic E-state index is 0.387. The van der Waals surface area contributed by atoms with Crippen LogP contribution in [0.25, 0.3) is 5.57 Å². The SMILES string of the molecule is O=C(O)COc1ccc(SCC=C(c2ccccc2)c2ccc(I)cc2)c(Cl)c1. The molecule has 3 rings (SSSR count). The van der Waals surface area contributed by atoms with Crippen LogP contribution >= 0.6 is 46.0 Å². The first-order valence-corrected chi connectivity index (χ1v) is 11.3. The van der Waals surface area contributed by atoms with Crippen LogP contribution in [0.3, 0.4) is 0 Å². The van der Waals surface area contributed by atoms with Gasteiger partial charge in [0, 0.05) is 14.2 Å². The van der Waals surface area contributed by atoms with Gasteiger partial charge in [-0.3, -0.25) is 0 Å². The lowest BCUT2D eigenvalue weighted by atomic mass is 9.98. The zero-order chi connectivity index (χ0) is 20.6. The summed E-state index contributed by atoms with van der Waals surface area (Å²) in [5.41, 5.74) is 3.51. The van der Waals surface area contributed by atoms with Crippen molar-refractivity contribution >= 4 is 57.5 Å². The summed E-state index contributed by atoms with van der Waals surface area (Å²) in [6.45, 7) is -0.387. The molecule has 0 unspecified atom stereocenters. The Morgan fingerprint density at radius 1 is 1.03 bits per heavy atom. The highest BCUT2D eigenvalue weighted by Gasteiger charge is 2.07.